The molecule has 1 N–H and O–H groups in total. The van der Waals surface area contributed by atoms with Gasteiger partial charge in [0.1, 0.15) is 22.5 Å². The number of hydrogen-bond donors (Lipinski definition) is 1. The molecule has 1 atom stereocenters. The monoisotopic (exact) mass is 405 g/mol. The lowest BCUT2D eigenvalue weighted by molar-refractivity contribution is 0.0901. The van der Waals surface area contributed by atoms with Crippen LogP contribution in [0.4, 0.5) is 10.8 Å². The lowest BCUT2D eigenvalue weighted by Gasteiger charge is -2.29. The maximum atomic E-state index is 12.4. The molecule has 0 radical (unpaired) electrons. The average Bonchev–Trinajstić information content (AvgIpc) is 3.02. The van der Waals surface area contributed by atoms with Crippen LogP contribution in [0.5, 0.6) is 5.75 Å². The highest BCUT2D eigenvalue weighted by Gasteiger charge is 2.35. The molecule has 1 aromatic heterocycles. The number of anilines is 2. The van der Waals surface area contributed by atoms with Crippen molar-refractivity contribution >= 4 is 39.2 Å². The van der Waals surface area contributed by atoms with E-state index in [4.69, 9.17) is 9.72 Å². The Morgan fingerprint density at radius 3 is 2.93 bits per heavy atom. The molecule has 0 spiro atoms. The fourth-order valence-corrected chi connectivity index (χ4v) is 5.36. The second-order valence-electron chi connectivity index (χ2n) is 7.76. The van der Waals surface area contributed by atoms with Gasteiger partial charge in [-0.15, -0.1) is 0 Å². The topological polar surface area (TPSA) is 77.5 Å². The molecular weight excluding hydrogens is 382 g/mol. The summed E-state index contributed by atoms with van der Waals surface area (Å²) in [6.45, 7) is 9.08. The van der Waals surface area contributed by atoms with Crippen LogP contribution < -0.4 is 15.0 Å². The lowest BCUT2D eigenvalue weighted by atomic mass is 9.94. The molecule has 0 saturated heterocycles. The van der Waals surface area contributed by atoms with E-state index in [1.54, 1.807) is 0 Å². The Morgan fingerprint density at radius 1 is 1.41 bits per heavy atom. The van der Waals surface area contributed by atoms with Gasteiger partial charge in [-0.25, -0.2) is 4.98 Å². The second kappa shape index (κ2) is 6.68. The minimum absolute atomic E-state index is 0.0512. The minimum atomic E-state index is -1.06. The molecule has 144 valence electrons. The van der Waals surface area contributed by atoms with Crippen LogP contribution in [-0.2, 0) is 17.6 Å². The van der Waals surface area contributed by atoms with Crippen molar-refractivity contribution in [1.82, 2.24) is 10.3 Å². The third kappa shape index (κ3) is 3.41. The number of carbonyl (C=O) groups is 1. The molecule has 4 rings (SSSR count). The number of nitrogens with zero attached hydrogens (tertiary/aromatic N) is 2. The number of aromatic nitrogens is 1. The first-order valence-corrected chi connectivity index (χ1v) is 11.1. The van der Waals surface area contributed by atoms with Gasteiger partial charge in [0.05, 0.1) is 17.9 Å². The van der Waals surface area contributed by atoms with Crippen molar-refractivity contribution in [1.29, 1.82) is 0 Å². The Kier molecular flexibility index (Phi) is 4.60. The molecule has 1 aromatic carbocycles. The molecule has 1 unspecified atom stereocenters. The first kappa shape index (κ1) is 18.6. The largest absolute Gasteiger partial charge is 0.611 e. The number of thiazole rings is 1. The summed E-state index contributed by atoms with van der Waals surface area (Å²) in [6, 6.07) is 5.69. The van der Waals surface area contributed by atoms with Crippen molar-refractivity contribution in [2.24, 2.45) is 0 Å². The summed E-state index contributed by atoms with van der Waals surface area (Å²) in [7, 11) is 0. The van der Waals surface area contributed by atoms with Gasteiger partial charge < -0.3 is 19.5 Å². The van der Waals surface area contributed by atoms with Gasteiger partial charge in [0.25, 0.3) is 5.91 Å². The van der Waals surface area contributed by atoms with E-state index < -0.39 is 11.2 Å². The van der Waals surface area contributed by atoms with Crippen molar-refractivity contribution in [2.45, 2.75) is 49.8 Å². The second-order valence-corrected chi connectivity index (χ2v) is 10.7. The predicted octanol–water partition coefficient (Wildman–Crippen LogP) is 3.25. The predicted molar refractivity (Wildman–Crippen MR) is 108 cm³/mol. The van der Waals surface area contributed by atoms with E-state index in [1.165, 1.54) is 11.3 Å². The zero-order chi connectivity index (χ0) is 19.3. The summed E-state index contributed by atoms with van der Waals surface area (Å²) in [5.74, 6) is 0.659. The quantitative estimate of drug-likeness (QED) is 0.793. The van der Waals surface area contributed by atoms with Crippen molar-refractivity contribution in [2.75, 3.05) is 18.1 Å². The number of amides is 1. The van der Waals surface area contributed by atoms with Gasteiger partial charge in [0, 0.05) is 18.0 Å². The molecule has 27 heavy (non-hydrogen) atoms. The molecule has 2 aliphatic rings. The molecular formula is C19H23N3O3S2. The molecule has 0 aliphatic carbocycles. The molecule has 2 aromatic rings. The lowest BCUT2D eigenvalue weighted by Crippen LogP contribution is -2.48. The number of rotatable bonds is 3. The molecule has 1 amide bonds. The SMILES string of the molecule is CC(C)[S+]([O-])c1ccc2c(c1)OCCN2c1nc2c(s1)C(=O)NC(C)(C)C2. The summed E-state index contributed by atoms with van der Waals surface area (Å²) in [4.78, 5) is 20.7. The minimum Gasteiger partial charge on any atom is -0.611 e. The summed E-state index contributed by atoms with van der Waals surface area (Å²) < 4.78 is 18.2. The molecule has 2 aliphatic heterocycles. The van der Waals surface area contributed by atoms with E-state index in [0.29, 0.717) is 30.2 Å². The maximum absolute atomic E-state index is 12.4. The zero-order valence-electron chi connectivity index (χ0n) is 15.9. The number of nitrogens with one attached hydrogen (secondary N) is 1. The summed E-state index contributed by atoms with van der Waals surface area (Å²) in [5.41, 5.74) is 1.47. The Hall–Kier alpha value is -1.77. The Balaban J connectivity index is 1.69. The smallest absolute Gasteiger partial charge is 0.263 e. The molecule has 6 nitrogen and oxygen atoms in total. The number of benzene rings is 1. The van der Waals surface area contributed by atoms with Crippen LogP contribution >= 0.6 is 11.3 Å². The fraction of sp³-hybridized carbons (Fsp3) is 0.474. The van der Waals surface area contributed by atoms with Crippen molar-refractivity contribution in [3.05, 3.63) is 28.8 Å². The number of carbonyl (C=O) groups excluding carboxylic acids is 1. The van der Waals surface area contributed by atoms with Gasteiger partial charge >= 0.3 is 0 Å². The number of ether oxygens (including phenoxy) is 1. The van der Waals surface area contributed by atoms with E-state index >= 15 is 0 Å². The van der Waals surface area contributed by atoms with Crippen LogP contribution in [0.25, 0.3) is 0 Å². The van der Waals surface area contributed by atoms with Gasteiger partial charge in [-0.2, -0.15) is 0 Å². The highest BCUT2D eigenvalue weighted by atomic mass is 32.2. The average molecular weight is 406 g/mol. The standard InChI is InChI=1S/C19H23N3O3S2/c1-11(2)27(24)12-5-6-14-15(9-12)25-8-7-22(14)18-20-13-10-19(3,4)21-17(23)16(13)26-18/h5-6,9,11H,7-8,10H2,1-4H3,(H,21,23). The van der Waals surface area contributed by atoms with E-state index in [2.05, 4.69) is 10.2 Å². The maximum Gasteiger partial charge on any atom is 0.263 e. The van der Waals surface area contributed by atoms with E-state index in [-0.39, 0.29) is 16.7 Å². The highest BCUT2D eigenvalue weighted by Crippen LogP contribution is 2.41. The third-order valence-electron chi connectivity index (χ3n) is 4.64. The van der Waals surface area contributed by atoms with Crippen molar-refractivity contribution in [3.63, 3.8) is 0 Å². The van der Waals surface area contributed by atoms with Crippen LogP contribution in [0.3, 0.4) is 0 Å². The molecule has 0 fully saturated rings. The molecule has 3 heterocycles. The van der Waals surface area contributed by atoms with Gasteiger partial charge in [-0.3, -0.25) is 4.79 Å². The van der Waals surface area contributed by atoms with Gasteiger partial charge in [-0.1, -0.05) is 11.3 Å². The fourth-order valence-electron chi connectivity index (χ4n) is 3.38. The Morgan fingerprint density at radius 2 is 2.19 bits per heavy atom. The van der Waals surface area contributed by atoms with E-state index in [9.17, 15) is 9.35 Å². The van der Waals surface area contributed by atoms with E-state index in [1.807, 2.05) is 45.9 Å². The number of fused-ring (bicyclic) bond motifs is 2. The zero-order valence-corrected chi connectivity index (χ0v) is 17.5. The first-order valence-electron chi connectivity index (χ1n) is 9.02. The molecule has 0 bridgehead atoms. The Labute approximate surface area is 166 Å². The summed E-state index contributed by atoms with van der Waals surface area (Å²) >= 11 is 0.356. The Bertz CT molecular complexity index is 894. The van der Waals surface area contributed by atoms with Crippen LogP contribution in [0.2, 0.25) is 0 Å². The first-order chi connectivity index (χ1) is 12.7. The van der Waals surface area contributed by atoms with Crippen LogP contribution in [0, 0.1) is 0 Å². The molecule has 0 saturated carbocycles. The number of hydrogen-bond acceptors (Lipinski definition) is 6. The summed E-state index contributed by atoms with van der Waals surface area (Å²) in [5, 5.41) is 3.88. The van der Waals surface area contributed by atoms with Gasteiger partial charge in [0.2, 0.25) is 0 Å². The third-order valence-corrected chi connectivity index (χ3v) is 7.33. The van der Waals surface area contributed by atoms with Crippen molar-refractivity contribution < 1.29 is 14.1 Å². The molecule has 8 heteroatoms. The van der Waals surface area contributed by atoms with Gasteiger partial charge in [0.15, 0.2) is 10.0 Å². The van der Waals surface area contributed by atoms with Gasteiger partial charge in [-0.05, 0) is 51.0 Å². The highest BCUT2D eigenvalue weighted by molar-refractivity contribution is 7.92. The summed E-state index contributed by atoms with van der Waals surface area (Å²) in [6.07, 6.45) is 0.716. The van der Waals surface area contributed by atoms with Crippen LogP contribution in [-0.4, -0.2) is 39.4 Å². The van der Waals surface area contributed by atoms with Crippen molar-refractivity contribution in [3.8, 4) is 5.75 Å². The van der Waals surface area contributed by atoms with E-state index in [0.717, 1.165) is 21.4 Å². The van der Waals surface area contributed by atoms with Crippen LogP contribution in [0.15, 0.2) is 23.1 Å². The normalized spacial score (nSPS) is 19.2. The van der Waals surface area contributed by atoms with Crippen LogP contribution in [0.1, 0.15) is 43.1 Å².